The number of ether oxygens (including phenoxy) is 2. The van der Waals surface area contributed by atoms with Crippen molar-refractivity contribution in [3.05, 3.63) is 11.9 Å². The first-order valence-electron chi connectivity index (χ1n) is 7.78. The van der Waals surface area contributed by atoms with Crippen LogP contribution in [0.3, 0.4) is 0 Å². The number of piperidine rings is 1. The molecule has 2 N–H and O–H groups in total. The van der Waals surface area contributed by atoms with E-state index in [2.05, 4.69) is 14.9 Å². The van der Waals surface area contributed by atoms with Gasteiger partial charge < -0.3 is 20.1 Å². The zero-order chi connectivity index (χ0) is 15.1. The number of anilines is 1. The predicted octanol–water partition coefficient (Wildman–Crippen LogP) is 1.52. The van der Waals surface area contributed by atoms with E-state index in [1.54, 1.807) is 0 Å². The van der Waals surface area contributed by atoms with E-state index in [0.29, 0.717) is 25.1 Å². The van der Waals surface area contributed by atoms with E-state index >= 15 is 0 Å². The summed E-state index contributed by atoms with van der Waals surface area (Å²) in [5.41, 5.74) is 5.48. The molecule has 1 fully saturated rings. The summed E-state index contributed by atoms with van der Waals surface area (Å²) in [6, 6.07) is 1.92. The highest BCUT2D eigenvalue weighted by molar-refractivity contribution is 5.42. The lowest BCUT2D eigenvalue weighted by Gasteiger charge is -2.32. The Kier molecular flexibility index (Phi) is 6.20. The van der Waals surface area contributed by atoms with Gasteiger partial charge in [-0.05, 0) is 39.7 Å². The molecular weight excluding hydrogens is 268 g/mol. The van der Waals surface area contributed by atoms with E-state index in [1.807, 2.05) is 19.9 Å². The highest BCUT2D eigenvalue weighted by atomic mass is 16.5. The molecule has 118 valence electrons. The Morgan fingerprint density at radius 1 is 1.33 bits per heavy atom. The largest absolute Gasteiger partial charge is 0.478 e. The maximum absolute atomic E-state index is 5.83. The average molecular weight is 294 g/mol. The first-order valence-corrected chi connectivity index (χ1v) is 7.78. The van der Waals surface area contributed by atoms with E-state index in [4.69, 9.17) is 15.2 Å². The fraction of sp³-hybridized carbons (Fsp3) is 0.733. The van der Waals surface area contributed by atoms with E-state index in [9.17, 15) is 0 Å². The molecule has 0 unspecified atom stereocenters. The lowest BCUT2D eigenvalue weighted by molar-refractivity contribution is 0.0365. The molecule has 1 aromatic heterocycles. The molecule has 0 aliphatic carbocycles. The molecule has 2 rings (SSSR count). The van der Waals surface area contributed by atoms with Crippen molar-refractivity contribution in [2.75, 3.05) is 37.7 Å². The van der Waals surface area contributed by atoms with Crippen LogP contribution in [-0.2, 0) is 4.74 Å². The topological polar surface area (TPSA) is 73.5 Å². The van der Waals surface area contributed by atoms with Gasteiger partial charge in [0.05, 0.1) is 12.7 Å². The molecular formula is C15H26N4O2. The third-order valence-corrected chi connectivity index (χ3v) is 3.56. The number of aryl methyl sites for hydroxylation is 1. The Hall–Kier alpha value is -1.40. The first-order chi connectivity index (χ1) is 10.2. The van der Waals surface area contributed by atoms with Gasteiger partial charge in [-0.15, -0.1) is 0 Å². The van der Waals surface area contributed by atoms with Crippen molar-refractivity contribution in [1.29, 1.82) is 0 Å². The van der Waals surface area contributed by atoms with E-state index in [1.165, 1.54) is 0 Å². The second-order valence-corrected chi connectivity index (χ2v) is 5.24. The van der Waals surface area contributed by atoms with Crippen LogP contribution in [-0.4, -0.2) is 48.9 Å². The number of nitrogens with zero attached hydrogens (tertiary/aromatic N) is 3. The SMILES string of the molecule is CCOc1cc(N2CCC(OCCCN)CC2)nc(C)n1. The van der Waals surface area contributed by atoms with Crippen LogP contribution in [0.25, 0.3) is 0 Å². The van der Waals surface area contributed by atoms with Crippen molar-refractivity contribution in [2.24, 2.45) is 5.73 Å². The second-order valence-electron chi connectivity index (χ2n) is 5.24. The monoisotopic (exact) mass is 294 g/mol. The van der Waals surface area contributed by atoms with E-state index < -0.39 is 0 Å². The summed E-state index contributed by atoms with van der Waals surface area (Å²) >= 11 is 0. The standard InChI is InChI=1S/C15H26N4O2/c1-3-20-15-11-14(17-12(2)18-15)19-8-5-13(6-9-19)21-10-4-7-16/h11,13H,3-10,16H2,1-2H3. The van der Waals surface area contributed by atoms with Crippen molar-refractivity contribution < 1.29 is 9.47 Å². The number of aromatic nitrogens is 2. The van der Waals surface area contributed by atoms with Gasteiger partial charge in [0.15, 0.2) is 0 Å². The summed E-state index contributed by atoms with van der Waals surface area (Å²) in [6.07, 6.45) is 3.33. The van der Waals surface area contributed by atoms with E-state index in [0.717, 1.165) is 50.6 Å². The van der Waals surface area contributed by atoms with Crippen molar-refractivity contribution in [1.82, 2.24) is 9.97 Å². The minimum Gasteiger partial charge on any atom is -0.478 e. The molecule has 0 bridgehead atoms. The van der Waals surface area contributed by atoms with Crippen molar-refractivity contribution >= 4 is 5.82 Å². The van der Waals surface area contributed by atoms with Gasteiger partial charge in [0.1, 0.15) is 11.6 Å². The summed E-state index contributed by atoms with van der Waals surface area (Å²) in [5.74, 6) is 2.35. The minimum atomic E-state index is 0.349. The number of rotatable bonds is 7. The van der Waals surface area contributed by atoms with Crippen LogP contribution >= 0.6 is 0 Å². The third-order valence-electron chi connectivity index (χ3n) is 3.56. The Balaban J connectivity index is 1.89. The predicted molar refractivity (Wildman–Crippen MR) is 82.8 cm³/mol. The minimum absolute atomic E-state index is 0.349. The van der Waals surface area contributed by atoms with Gasteiger partial charge in [-0.2, -0.15) is 4.98 Å². The molecule has 1 aromatic rings. The molecule has 0 amide bonds. The van der Waals surface area contributed by atoms with Gasteiger partial charge in [0.2, 0.25) is 5.88 Å². The maximum atomic E-state index is 5.83. The highest BCUT2D eigenvalue weighted by Gasteiger charge is 2.21. The normalized spacial score (nSPS) is 16.2. The molecule has 1 aliphatic heterocycles. The molecule has 2 heterocycles. The van der Waals surface area contributed by atoms with Gasteiger partial charge >= 0.3 is 0 Å². The Morgan fingerprint density at radius 2 is 2.10 bits per heavy atom. The summed E-state index contributed by atoms with van der Waals surface area (Å²) in [7, 11) is 0. The molecule has 6 heteroatoms. The third kappa shape index (κ3) is 4.82. The van der Waals surface area contributed by atoms with Crippen LogP contribution < -0.4 is 15.4 Å². The van der Waals surface area contributed by atoms with Crippen LogP contribution in [0.5, 0.6) is 5.88 Å². The van der Waals surface area contributed by atoms with Gasteiger partial charge in [-0.3, -0.25) is 0 Å². The van der Waals surface area contributed by atoms with Crippen molar-refractivity contribution in [2.45, 2.75) is 39.2 Å². The number of hydrogen-bond acceptors (Lipinski definition) is 6. The van der Waals surface area contributed by atoms with Crippen LogP contribution in [0.2, 0.25) is 0 Å². The summed E-state index contributed by atoms with van der Waals surface area (Å²) in [5, 5.41) is 0. The Bertz CT molecular complexity index is 434. The molecule has 1 saturated heterocycles. The fourth-order valence-corrected chi connectivity index (χ4v) is 2.49. The smallest absolute Gasteiger partial charge is 0.218 e. The zero-order valence-electron chi connectivity index (χ0n) is 13.0. The van der Waals surface area contributed by atoms with Crippen molar-refractivity contribution in [3.8, 4) is 5.88 Å². The number of nitrogens with two attached hydrogens (primary N) is 1. The summed E-state index contributed by atoms with van der Waals surface area (Å²) < 4.78 is 11.3. The van der Waals surface area contributed by atoms with Crippen molar-refractivity contribution in [3.63, 3.8) is 0 Å². The summed E-state index contributed by atoms with van der Waals surface area (Å²) in [4.78, 5) is 11.1. The lowest BCUT2D eigenvalue weighted by atomic mass is 10.1. The average Bonchev–Trinajstić information content (AvgIpc) is 2.48. The van der Waals surface area contributed by atoms with Gasteiger partial charge in [0, 0.05) is 25.8 Å². The van der Waals surface area contributed by atoms with E-state index in [-0.39, 0.29) is 0 Å². The first kappa shape index (κ1) is 16.0. The fourth-order valence-electron chi connectivity index (χ4n) is 2.49. The van der Waals surface area contributed by atoms with Gasteiger partial charge in [-0.25, -0.2) is 4.98 Å². The molecule has 0 aromatic carbocycles. The van der Waals surface area contributed by atoms with Crippen LogP contribution in [0, 0.1) is 6.92 Å². The molecule has 0 atom stereocenters. The maximum Gasteiger partial charge on any atom is 0.218 e. The second kappa shape index (κ2) is 8.14. The van der Waals surface area contributed by atoms with Crippen LogP contribution in [0.15, 0.2) is 6.07 Å². The highest BCUT2D eigenvalue weighted by Crippen LogP contribution is 2.22. The summed E-state index contributed by atoms with van der Waals surface area (Å²) in [6.45, 7) is 7.84. The molecule has 0 spiro atoms. The quantitative estimate of drug-likeness (QED) is 0.769. The molecule has 1 aliphatic rings. The lowest BCUT2D eigenvalue weighted by Crippen LogP contribution is -2.37. The van der Waals surface area contributed by atoms with Crippen LogP contribution in [0.4, 0.5) is 5.82 Å². The van der Waals surface area contributed by atoms with Gasteiger partial charge in [0.25, 0.3) is 0 Å². The molecule has 21 heavy (non-hydrogen) atoms. The zero-order valence-corrected chi connectivity index (χ0v) is 13.0. The van der Waals surface area contributed by atoms with Crippen LogP contribution in [0.1, 0.15) is 32.0 Å². The Labute approximate surface area is 126 Å². The number of hydrogen-bond donors (Lipinski definition) is 1. The Morgan fingerprint density at radius 3 is 2.76 bits per heavy atom. The van der Waals surface area contributed by atoms with Gasteiger partial charge in [-0.1, -0.05) is 0 Å². The molecule has 0 radical (unpaired) electrons. The molecule has 6 nitrogen and oxygen atoms in total. The molecule has 0 saturated carbocycles.